The number of carbonyl (C=O) groups excluding carboxylic acids is 1. The van der Waals surface area contributed by atoms with E-state index in [4.69, 9.17) is 4.74 Å². The number of hydrogen-bond donors (Lipinski definition) is 2. The smallest absolute Gasteiger partial charge is 0.270 e. The Balaban J connectivity index is 1.58. The summed E-state index contributed by atoms with van der Waals surface area (Å²) in [6.45, 7) is 1.19. The summed E-state index contributed by atoms with van der Waals surface area (Å²) in [6.07, 6.45) is 1.81. The van der Waals surface area contributed by atoms with Crippen molar-refractivity contribution in [2.75, 3.05) is 19.8 Å². The molecular formula is C11H16N2O3S. The molecule has 0 bridgehead atoms. The van der Waals surface area contributed by atoms with Crippen LogP contribution in [0.25, 0.3) is 0 Å². The lowest BCUT2D eigenvalue weighted by Crippen LogP contribution is -2.34. The van der Waals surface area contributed by atoms with E-state index in [2.05, 4.69) is 10.3 Å². The molecule has 1 unspecified atom stereocenters. The number of thiazole rings is 1. The van der Waals surface area contributed by atoms with Gasteiger partial charge in [-0.2, -0.15) is 0 Å². The zero-order valence-electron chi connectivity index (χ0n) is 9.46. The van der Waals surface area contributed by atoms with Gasteiger partial charge in [-0.25, -0.2) is 4.98 Å². The standard InChI is InChI=1S/C11H16N2O3S/c14-9(5-16-4-8-1-2-8)3-12-11(15)10-6-17-7-13-10/h6-9,14H,1-5H2,(H,12,15). The van der Waals surface area contributed by atoms with Crippen molar-refractivity contribution in [1.82, 2.24) is 10.3 Å². The van der Waals surface area contributed by atoms with E-state index in [0.717, 1.165) is 6.61 Å². The summed E-state index contributed by atoms with van der Waals surface area (Å²) in [7, 11) is 0. The molecule has 0 aromatic carbocycles. The van der Waals surface area contributed by atoms with E-state index in [-0.39, 0.29) is 19.1 Å². The van der Waals surface area contributed by atoms with Gasteiger partial charge in [-0.3, -0.25) is 4.79 Å². The van der Waals surface area contributed by atoms with E-state index in [1.165, 1.54) is 24.2 Å². The summed E-state index contributed by atoms with van der Waals surface area (Å²) in [5, 5.41) is 13.9. The monoisotopic (exact) mass is 256 g/mol. The van der Waals surface area contributed by atoms with Crippen LogP contribution in [0.15, 0.2) is 10.9 Å². The van der Waals surface area contributed by atoms with Gasteiger partial charge in [0.15, 0.2) is 0 Å². The van der Waals surface area contributed by atoms with Crippen LogP contribution in [0.3, 0.4) is 0 Å². The highest BCUT2D eigenvalue weighted by molar-refractivity contribution is 7.07. The molecule has 1 heterocycles. The highest BCUT2D eigenvalue weighted by Gasteiger charge is 2.21. The maximum Gasteiger partial charge on any atom is 0.270 e. The van der Waals surface area contributed by atoms with Crippen molar-refractivity contribution in [2.45, 2.75) is 18.9 Å². The molecule has 1 saturated carbocycles. The average Bonchev–Trinajstić information content (AvgIpc) is 2.97. The molecule has 0 radical (unpaired) electrons. The number of nitrogens with one attached hydrogen (secondary N) is 1. The van der Waals surface area contributed by atoms with Crippen LogP contribution in [0.5, 0.6) is 0 Å². The third kappa shape index (κ3) is 4.41. The molecule has 0 spiro atoms. The maximum atomic E-state index is 11.5. The molecule has 17 heavy (non-hydrogen) atoms. The fourth-order valence-corrected chi connectivity index (χ4v) is 1.87. The number of aliphatic hydroxyl groups excluding tert-OH is 1. The van der Waals surface area contributed by atoms with Crippen LogP contribution >= 0.6 is 11.3 Å². The van der Waals surface area contributed by atoms with Gasteiger partial charge >= 0.3 is 0 Å². The van der Waals surface area contributed by atoms with Crippen LogP contribution in [0.2, 0.25) is 0 Å². The Hall–Kier alpha value is -0.980. The van der Waals surface area contributed by atoms with Crippen LogP contribution in [0.4, 0.5) is 0 Å². The lowest BCUT2D eigenvalue weighted by Gasteiger charge is -2.11. The van der Waals surface area contributed by atoms with Gasteiger partial charge in [-0.05, 0) is 18.8 Å². The maximum absolute atomic E-state index is 11.5. The first kappa shape index (κ1) is 12.5. The lowest BCUT2D eigenvalue weighted by molar-refractivity contribution is 0.0320. The van der Waals surface area contributed by atoms with E-state index < -0.39 is 6.10 Å². The Bertz CT molecular complexity index is 352. The summed E-state index contributed by atoms with van der Waals surface area (Å²) < 4.78 is 5.33. The molecule has 1 aliphatic carbocycles. The summed E-state index contributed by atoms with van der Waals surface area (Å²) in [5.41, 5.74) is 1.99. The second-order valence-electron chi connectivity index (χ2n) is 4.22. The Kier molecular flexibility index (Phi) is 4.47. The van der Waals surface area contributed by atoms with E-state index in [1.807, 2.05) is 0 Å². The van der Waals surface area contributed by atoms with Crippen molar-refractivity contribution in [1.29, 1.82) is 0 Å². The summed E-state index contributed by atoms with van der Waals surface area (Å²) in [4.78, 5) is 15.4. The molecule has 2 rings (SSSR count). The van der Waals surface area contributed by atoms with E-state index >= 15 is 0 Å². The highest BCUT2D eigenvalue weighted by Crippen LogP contribution is 2.28. The molecular weight excluding hydrogens is 240 g/mol. The van der Waals surface area contributed by atoms with Gasteiger partial charge < -0.3 is 15.2 Å². The number of nitrogens with zero attached hydrogens (tertiary/aromatic N) is 1. The van der Waals surface area contributed by atoms with E-state index in [0.29, 0.717) is 11.6 Å². The zero-order chi connectivity index (χ0) is 12.1. The van der Waals surface area contributed by atoms with Crippen LogP contribution < -0.4 is 5.32 Å². The van der Waals surface area contributed by atoms with Crippen molar-refractivity contribution in [2.24, 2.45) is 5.92 Å². The van der Waals surface area contributed by atoms with E-state index in [1.54, 1.807) is 10.9 Å². The topological polar surface area (TPSA) is 71.5 Å². The molecule has 5 nitrogen and oxygen atoms in total. The Morgan fingerprint density at radius 1 is 1.71 bits per heavy atom. The fourth-order valence-electron chi connectivity index (χ4n) is 1.34. The number of rotatable bonds is 7. The molecule has 0 aliphatic heterocycles. The van der Waals surface area contributed by atoms with Crippen molar-refractivity contribution < 1.29 is 14.6 Å². The number of aromatic nitrogens is 1. The van der Waals surface area contributed by atoms with Crippen molar-refractivity contribution in [3.8, 4) is 0 Å². The molecule has 1 aromatic heterocycles. The molecule has 2 N–H and O–H groups in total. The first-order valence-electron chi connectivity index (χ1n) is 5.68. The van der Waals surface area contributed by atoms with Crippen molar-refractivity contribution in [3.05, 3.63) is 16.6 Å². The third-order valence-corrected chi connectivity index (χ3v) is 3.11. The second kappa shape index (κ2) is 6.09. The van der Waals surface area contributed by atoms with Gasteiger partial charge in [-0.15, -0.1) is 11.3 Å². The molecule has 6 heteroatoms. The number of aliphatic hydroxyl groups is 1. The van der Waals surface area contributed by atoms with Crippen LogP contribution in [0, 0.1) is 5.92 Å². The van der Waals surface area contributed by atoms with Gasteiger partial charge in [0.05, 0.1) is 18.2 Å². The Morgan fingerprint density at radius 3 is 3.18 bits per heavy atom. The molecule has 0 saturated heterocycles. The average molecular weight is 256 g/mol. The number of amides is 1. The molecule has 94 valence electrons. The highest BCUT2D eigenvalue weighted by atomic mass is 32.1. The van der Waals surface area contributed by atoms with Crippen molar-refractivity contribution in [3.63, 3.8) is 0 Å². The zero-order valence-corrected chi connectivity index (χ0v) is 10.3. The summed E-state index contributed by atoms with van der Waals surface area (Å²) in [5.74, 6) is 0.430. The van der Waals surface area contributed by atoms with Gasteiger partial charge in [0.25, 0.3) is 5.91 Å². The summed E-state index contributed by atoms with van der Waals surface area (Å²) in [6, 6.07) is 0. The largest absolute Gasteiger partial charge is 0.389 e. The minimum atomic E-state index is -0.656. The fraction of sp³-hybridized carbons (Fsp3) is 0.636. The van der Waals surface area contributed by atoms with Gasteiger partial charge in [0, 0.05) is 18.5 Å². The first-order chi connectivity index (χ1) is 8.25. The van der Waals surface area contributed by atoms with Crippen molar-refractivity contribution >= 4 is 17.2 Å². The predicted molar refractivity (Wildman–Crippen MR) is 64.0 cm³/mol. The molecule has 1 aromatic rings. The van der Waals surface area contributed by atoms with Gasteiger partial charge in [0.1, 0.15) is 5.69 Å². The number of hydrogen-bond acceptors (Lipinski definition) is 5. The number of carbonyl (C=O) groups is 1. The molecule has 1 atom stereocenters. The minimum Gasteiger partial charge on any atom is -0.389 e. The number of ether oxygens (including phenoxy) is 1. The Labute approximate surface area is 104 Å². The summed E-state index contributed by atoms with van der Waals surface area (Å²) >= 11 is 1.37. The normalized spacial score (nSPS) is 16.8. The van der Waals surface area contributed by atoms with Crippen LogP contribution in [0.1, 0.15) is 23.3 Å². The lowest BCUT2D eigenvalue weighted by atomic mass is 10.3. The first-order valence-corrected chi connectivity index (χ1v) is 6.62. The van der Waals surface area contributed by atoms with E-state index in [9.17, 15) is 9.90 Å². The SMILES string of the molecule is O=C(NCC(O)COCC1CC1)c1cscn1. The molecule has 1 aliphatic rings. The van der Waals surface area contributed by atoms with Gasteiger partial charge in [-0.1, -0.05) is 0 Å². The minimum absolute atomic E-state index is 0.195. The van der Waals surface area contributed by atoms with Gasteiger partial charge in [0.2, 0.25) is 0 Å². The molecule has 1 amide bonds. The van der Waals surface area contributed by atoms with Crippen LogP contribution in [-0.4, -0.2) is 41.9 Å². The van der Waals surface area contributed by atoms with Crippen LogP contribution in [-0.2, 0) is 4.74 Å². The third-order valence-electron chi connectivity index (χ3n) is 2.52. The Morgan fingerprint density at radius 2 is 2.53 bits per heavy atom. The quantitative estimate of drug-likeness (QED) is 0.752. The molecule has 1 fully saturated rings. The predicted octanol–water partition coefficient (Wildman–Crippen LogP) is 0.660. The second-order valence-corrected chi connectivity index (χ2v) is 4.94.